The van der Waals surface area contributed by atoms with Crippen LogP contribution >= 0.6 is 0 Å². The van der Waals surface area contributed by atoms with Crippen molar-refractivity contribution >= 4 is 42.3 Å². The summed E-state index contributed by atoms with van der Waals surface area (Å²) in [6.45, 7) is 0. The number of rotatable bonds is 4. The lowest BCUT2D eigenvalue weighted by Gasteiger charge is -2.08. The van der Waals surface area contributed by atoms with E-state index >= 15 is 0 Å². The molecule has 7 heteroatoms. The van der Waals surface area contributed by atoms with E-state index in [1.807, 2.05) is 36.4 Å². The Morgan fingerprint density at radius 3 is 2.54 bits per heavy atom. The van der Waals surface area contributed by atoms with Crippen LogP contribution in [0.2, 0.25) is 0 Å². The van der Waals surface area contributed by atoms with Crippen LogP contribution in [-0.2, 0) is 4.79 Å². The molecule has 4 nitrogen and oxygen atoms in total. The largest absolute Gasteiger partial charge is 0.572 e. The maximum atomic E-state index is 13.2. The van der Waals surface area contributed by atoms with E-state index in [0.29, 0.717) is 5.84 Å². The van der Waals surface area contributed by atoms with Crippen molar-refractivity contribution in [3.05, 3.63) is 71.4 Å². The lowest BCUT2D eigenvalue weighted by atomic mass is 9.81. The van der Waals surface area contributed by atoms with Crippen LogP contribution in [0.3, 0.4) is 0 Å². The van der Waals surface area contributed by atoms with Crippen molar-refractivity contribution in [2.75, 3.05) is 12.8 Å². The molecule has 0 saturated heterocycles. The first-order valence-corrected chi connectivity index (χ1v) is 7.95. The molecule has 1 amide bonds. The maximum Gasteiger partial charge on any atom is 0.572 e. The molecular formula is C19H16BF2N3O. The normalized spacial score (nSPS) is 15.8. The Labute approximate surface area is 150 Å². The van der Waals surface area contributed by atoms with E-state index in [-0.39, 0.29) is 28.3 Å². The second-order valence-electron chi connectivity index (χ2n) is 5.80. The third-order valence-electron chi connectivity index (χ3n) is 3.96. The molecule has 1 heterocycles. The number of amides is 1. The highest BCUT2D eigenvalue weighted by molar-refractivity contribution is 6.61. The van der Waals surface area contributed by atoms with Gasteiger partial charge in [-0.25, -0.2) is 4.99 Å². The van der Waals surface area contributed by atoms with Gasteiger partial charge in [0.05, 0.1) is 0 Å². The van der Waals surface area contributed by atoms with Crippen LogP contribution in [0.25, 0.3) is 12.2 Å². The highest BCUT2D eigenvalue weighted by atomic mass is 19.2. The van der Waals surface area contributed by atoms with E-state index < -0.39 is 7.27 Å². The summed E-state index contributed by atoms with van der Waals surface area (Å²) in [5, 5.41) is 0. The molecular weight excluding hydrogens is 335 g/mol. The van der Waals surface area contributed by atoms with Crippen LogP contribution < -0.4 is 11.2 Å². The lowest BCUT2D eigenvalue weighted by molar-refractivity contribution is -0.121. The number of carbonyl (C=O) groups is 1. The van der Waals surface area contributed by atoms with E-state index in [4.69, 9.17) is 5.73 Å². The molecule has 0 saturated carbocycles. The van der Waals surface area contributed by atoms with Crippen molar-refractivity contribution in [3.8, 4) is 0 Å². The number of hydrogen-bond acceptors (Lipinski definition) is 3. The summed E-state index contributed by atoms with van der Waals surface area (Å²) in [4.78, 5) is 18.0. The Hall–Kier alpha value is -3.22. The van der Waals surface area contributed by atoms with Crippen molar-refractivity contribution in [3.63, 3.8) is 0 Å². The van der Waals surface area contributed by atoms with Gasteiger partial charge in [-0.05, 0) is 35.4 Å². The van der Waals surface area contributed by atoms with Gasteiger partial charge in [0.2, 0.25) is 0 Å². The predicted molar refractivity (Wildman–Crippen MR) is 102 cm³/mol. The molecule has 2 N–H and O–H groups in total. The molecule has 2 aromatic rings. The number of nitrogen functional groups attached to an aromatic ring is 1. The number of amidine groups is 1. The molecule has 0 aromatic heterocycles. The van der Waals surface area contributed by atoms with Crippen LogP contribution in [-0.4, -0.2) is 31.0 Å². The number of hydrogen-bond donors (Lipinski definition) is 1. The summed E-state index contributed by atoms with van der Waals surface area (Å²) in [6, 6.07) is 13.8. The first-order chi connectivity index (χ1) is 12.5. The average Bonchev–Trinajstić information content (AvgIpc) is 2.90. The van der Waals surface area contributed by atoms with E-state index in [0.717, 1.165) is 5.56 Å². The van der Waals surface area contributed by atoms with Gasteiger partial charge in [-0.3, -0.25) is 18.3 Å². The Morgan fingerprint density at radius 1 is 1.12 bits per heavy atom. The number of likely N-dealkylation sites (N-methyl/N-ethyl adjacent to an activating group) is 1. The number of aliphatic imine (C=N–C) groups is 1. The summed E-state index contributed by atoms with van der Waals surface area (Å²) in [5.41, 5.74) is 6.88. The summed E-state index contributed by atoms with van der Waals surface area (Å²) < 4.78 is 26.4. The fourth-order valence-corrected chi connectivity index (χ4v) is 2.56. The van der Waals surface area contributed by atoms with Gasteiger partial charge in [-0.1, -0.05) is 42.5 Å². The number of halogens is 2. The zero-order valence-electron chi connectivity index (χ0n) is 14.1. The summed E-state index contributed by atoms with van der Waals surface area (Å²) in [6.07, 6.45) is 4.91. The third-order valence-corrected chi connectivity index (χ3v) is 3.96. The van der Waals surface area contributed by atoms with Gasteiger partial charge in [0.25, 0.3) is 5.91 Å². The number of anilines is 1. The fourth-order valence-electron chi connectivity index (χ4n) is 2.56. The topological polar surface area (TPSA) is 58.7 Å². The molecule has 0 radical (unpaired) electrons. The van der Waals surface area contributed by atoms with E-state index in [1.54, 1.807) is 13.1 Å². The van der Waals surface area contributed by atoms with E-state index in [1.165, 1.54) is 29.2 Å². The number of nitrogens with zero attached hydrogens (tertiary/aromatic N) is 2. The second kappa shape index (κ2) is 7.35. The van der Waals surface area contributed by atoms with Gasteiger partial charge in [0.15, 0.2) is 0 Å². The van der Waals surface area contributed by atoms with E-state index in [9.17, 15) is 13.4 Å². The van der Waals surface area contributed by atoms with Crippen LogP contribution in [0.4, 0.5) is 14.3 Å². The van der Waals surface area contributed by atoms with Crippen LogP contribution in [0, 0.1) is 0 Å². The molecule has 0 unspecified atom stereocenters. The smallest absolute Gasteiger partial charge is 0.399 e. The van der Waals surface area contributed by atoms with Crippen molar-refractivity contribution in [1.82, 2.24) is 4.90 Å². The van der Waals surface area contributed by atoms with Gasteiger partial charge < -0.3 is 5.73 Å². The SMILES string of the molecule is CN1C(=O)C(=Cc2ccc(N)cc2B(F)F)N=C1C=Cc1ccccc1. The van der Waals surface area contributed by atoms with Crippen molar-refractivity contribution < 1.29 is 13.4 Å². The number of carbonyl (C=O) groups excluding carboxylic acids is 1. The highest BCUT2D eigenvalue weighted by Crippen LogP contribution is 2.19. The van der Waals surface area contributed by atoms with Gasteiger partial charge in [-0.2, -0.15) is 0 Å². The van der Waals surface area contributed by atoms with Crippen LogP contribution in [0.1, 0.15) is 11.1 Å². The van der Waals surface area contributed by atoms with E-state index in [2.05, 4.69) is 4.99 Å². The fraction of sp³-hybridized carbons (Fsp3) is 0.0526. The third kappa shape index (κ3) is 3.72. The molecule has 2 aromatic carbocycles. The summed E-state index contributed by atoms with van der Waals surface area (Å²) in [5.74, 6) is 0.0916. The van der Waals surface area contributed by atoms with Gasteiger partial charge in [-0.15, -0.1) is 0 Å². The van der Waals surface area contributed by atoms with Gasteiger partial charge in [0, 0.05) is 18.2 Å². The molecule has 1 aliphatic rings. The second-order valence-corrected chi connectivity index (χ2v) is 5.80. The standard InChI is InChI=1S/C19H16BF2N3O/c1-25-18(10-7-13-5-3-2-4-6-13)24-17(19(25)26)11-14-8-9-15(23)12-16(14)20(21)22/h2-12H,23H2,1H3. The molecule has 0 fully saturated rings. The average molecular weight is 351 g/mol. The molecule has 0 bridgehead atoms. The Morgan fingerprint density at radius 2 is 1.85 bits per heavy atom. The molecule has 26 heavy (non-hydrogen) atoms. The summed E-state index contributed by atoms with van der Waals surface area (Å²) in [7, 11) is -1.10. The Balaban J connectivity index is 1.93. The van der Waals surface area contributed by atoms with Crippen molar-refractivity contribution in [2.45, 2.75) is 0 Å². The molecule has 0 spiro atoms. The van der Waals surface area contributed by atoms with Crippen LogP contribution in [0.5, 0.6) is 0 Å². The Kier molecular flexibility index (Phi) is 4.98. The lowest BCUT2D eigenvalue weighted by Crippen LogP contribution is -2.26. The van der Waals surface area contributed by atoms with Crippen LogP contribution in [0.15, 0.2) is 65.3 Å². The molecule has 3 rings (SSSR count). The number of nitrogens with two attached hydrogens (primary N) is 1. The highest BCUT2D eigenvalue weighted by Gasteiger charge is 2.27. The molecule has 130 valence electrons. The minimum Gasteiger partial charge on any atom is -0.399 e. The first kappa shape index (κ1) is 17.6. The minimum atomic E-state index is -2.69. The van der Waals surface area contributed by atoms with Crippen molar-refractivity contribution in [2.24, 2.45) is 4.99 Å². The van der Waals surface area contributed by atoms with Gasteiger partial charge >= 0.3 is 7.27 Å². The van der Waals surface area contributed by atoms with Gasteiger partial charge in [0.1, 0.15) is 11.5 Å². The number of benzene rings is 2. The maximum absolute atomic E-state index is 13.2. The zero-order chi connectivity index (χ0) is 18.7. The van der Waals surface area contributed by atoms with Crippen molar-refractivity contribution in [1.29, 1.82) is 0 Å². The predicted octanol–water partition coefficient (Wildman–Crippen LogP) is 2.83. The molecule has 0 aliphatic carbocycles. The molecule has 1 aliphatic heterocycles. The monoisotopic (exact) mass is 351 g/mol. The minimum absolute atomic E-state index is 0.104. The zero-order valence-corrected chi connectivity index (χ0v) is 14.1. The quantitative estimate of drug-likeness (QED) is 0.523. The first-order valence-electron chi connectivity index (χ1n) is 7.95. The summed E-state index contributed by atoms with van der Waals surface area (Å²) >= 11 is 0. The molecule has 0 atom stereocenters. The Bertz CT molecular complexity index is 924.